The second kappa shape index (κ2) is 37.0. The Bertz CT molecular complexity index is 524. The molecule has 0 amide bonds. The fourth-order valence-corrected chi connectivity index (χ4v) is 6.23. The lowest BCUT2D eigenvalue weighted by molar-refractivity contribution is -0.405. The third kappa shape index (κ3) is 33.9. The van der Waals surface area contributed by atoms with Crippen molar-refractivity contribution in [1.29, 1.82) is 0 Å². The Hall–Kier alpha value is 0.190. The molecule has 0 aliphatic carbocycles. The van der Waals surface area contributed by atoms with Crippen molar-refractivity contribution >= 4 is 8.60 Å². The number of rotatable bonds is 39. The molecule has 0 aliphatic rings. The van der Waals surface area contributed by atoms with E-state index < -0.39 is 14.6 Å². The maximum atomic E-state index is 11.7. The summed E-state index contributed by atoms with van der Waals surface area (Å²) in [6, 6.07) is 0. The molecule has 0 unspecified atom stereocenters. The van der Waals surface area contributed by atoms with E-state index in [0.717, 1.165) is 38.5 Å². The van der Waals surface area contributed by atoms with Crippen LogP contribution in [0.4, 0.5) is 0 Å². The largest absolute Gasteiger partial charge is 0.820 e. The molecule has 0 spiro atoms. The van der Waals surface area contributed by atoms with Crippen LogP contribution in [-0.4, -0.2) is 32.4 Å². The van der Waals surface area contributed by atoms with Gasteiger partial charge in [-0.2, -0.15) is 8.60 Å². The molecule has 45 heavy (non-hydrogen) atoms. The van der Waals surface area contributed by atoms with Crippen LogP contribution in [0.5, 0.6) is 0 Å². The molecule has 0 atom stereocenters. The van der Waals surface area contributed by atoms with Gasteiger partial charge in [-0.3, -0.25) is 0 Å². The normalized spacial score (nSPS) is 12.1. The highest BCUT2D eigenvalue weighted by Gasteiger charge is 2.33. The van der Waals surface area contributed by atoms with Crippen LogP contribution in [0.25, 0.3) is 0 Å². The first-order valence-electron chi connectivity index (χ1n) is 19.8. The number of unbranched alkanes of at least 4 members (excludes halogenated alkanes) is 27. The van der Waals surface area contributed by atoms with Crippen molar-refractivity contribution in [2.45, 2.75) is 219 Å². The van der Waals surface area contributed by atoms with E-state index in [9.17, 15) is 9.79 Å². The van der Waals surface area contributed by atoms with Crippen LogP contribution in [0.15, 0.2) is 0 Å². The van der Waals surface area contributed by atoms with Crippen LogP contribution >= 0.6 is 8.60 Å². The number of hydrogen-bond donors (Lipinski definition) is 0. The monoisotopic (exact) mass is 661 g/mol. The highest BCUT2D eigenvalue weighted by Crippen LogP contribution is 2.30. The van der Waals surface area contributed by atoms with Crippen molar-refractivity contribution in [2.75, 3.05) is 26.4 Å². The summed E-state index contributed by atoms with van der Waals surface area (Å²) in [7, 11) is -3.14. The molecule has 0 aromatic heterocycles. The van der Waals surface area contributed by atoms with Crippen LogP contribution in [0, 0.1) is 0 Å². The Morgan fingerprint density at radius 2 is 0.644 bits per heavy atom. The second-order valence-corrected chi connectivity index (χ2v) is 13.9. The van der Waals surface area contributed by atoms with Gasteiger partial charge in [-0.05, 0) is 19.3 Å². The fraction of sp³-hybridized carbons (Fsp3) is 1.00. The molecule has 0 fully saturated rings. The Labute approximate surface area is 282 Å². The van der Waals surface area contributed by atoms with Crippen molar-refractivity contribution in [1.82, 2.24) is 0 Å². The average Bonchev–Trinajstić information content (AvgIpc) is 3.02. The van der Waals surface area contributed by atoms with Crippen molar-refractivity contribution < 1.29 is 28.5 Å². The molecule has 0 aromatic rings. The molecule has 0 rings (SSSR count). The quantitative estimate of drug-likeness (QED) is 0.0371. The van der Waals surface area contributed by atoms with Gasteiger partial charge in [0.2, 0.25) is 0 Å². The average molecular weight is 661 g/mol. The van der Waals surface area contributed by atoms with E-state index in [0.29, 0.717) is 19.8 Å². The third-order valence-electron chi connectivity index (χ3n) is 8.77. The molecule has 272 valence electrons. The van der Waals surface area contributed by atoms with Gasteiger partial charge in [-0.1, -0.05) is 194 Å². The molecular weight excluding hydrogens is 583 g/mol. The van der Waals surface area contributed by atoms with Gasteiger partial charge in [0.15, 0.2) is 0 Å². The van der Waals surface area contributed by atoms with Gasteiger partial charge in [0.05, 0.1) is 13.2 Å². The van der Waals surface area contributed by atoms with E-state index in [1.807, 2.05) is 0 Å². The SMILES string of the molecule is CCCCCCCCCCCCOCC(OCCCCCCCCCCCC)(OCCCCCCCCCCCC)OP([O-])[O-]. The van der Waals surface area contributed by atoms with E-state index in [-0.39, 0.29) is 6.61 Å². The summed E-state index contributed by atoms with van der Waals surface area (Å²) < 4.78 is 23.3. The summed E-state index contributed by atoms with van der Waals surface area (Å²) in [4.78, 5) is 23.5. The highest BCUT2D eigenvalue weighted by atomic mass is 31.2. The lowest BCUT2D eigenvalue weighted by Crippen LogP contribution is -2.45. The minimum Gasteiger partial charge on any atom is -0.820 e. The van der Waals surface area contributed by atoms with Gasteiger partial charge < -0.3 is 28.5 Å². The zero-order valence-corrected chi connectivity index (χ0v) is 31.3. The van der Waals surface area contributed by atoms with Gasteiger partial charge in [-0.15, -0.1) is 0 Å². The summed E-state index contributed by atoms with van der Waals surface area (Å²) in [6.45, 7) is 8.10. The zero-order chi connectivity index (χ0) is 32.9. The number of hydrogen-bond acceptors (Lipinski definition) is 6. The summed E-state index contributed by atoms with van der Waals surface area (Å²) in [5.74, 6) is -1.67. The predicted molar refractivity (Wildman–Crippen MR) is 189 cm³/mol. The Kier molecular flexibility index (Phi) is 37.2. The zero-order valence-electron chi connectivity index (χ0n) is 30.4. The second-order valence-electron chi connectivity index (χ2n) is 13.3. The van der Waals surface area contributed by atoms with Crippen molar-refractivity contribution in [3.05, 3.63) is 0 Å². The molecule has 0 bridgehead atoms. The van der Waals surface area contributed by atoms with Gasteiger partial charge >= 0.3 is 5.97 Å². The maximum Gasteiger partial charge on any atom is 0.308 e. The first kappa shape index (κ1) is 45.2. The van der Waals surface area contributed by atoms with E-state index in [4.69, 9.17) is 18.7 Å². The van der Waals surface area contributed by atoms with Crippen LogP contribution < -0.4 is 9.79 Å². The fourth-order valence-electron chi connectivity index (χ4n) is 5.84. The minimum absolute atomic E-state index is 0.0245. The molecule has 0 radical (unpaired) electrons. The Morgan fingerprint density at radius 3 is 0.933 bits per heavy atom. The predicted octanol–water partition coefficient (Wildman–Crippen LogP) is 11.4. The number of ether oxygens (including phenoxy) is 3. The first-order chi connectivity index (χ1) is 22.1. The van der Waals surface area contributed by atoms with Crippen LogP contribution in [0.3, 0.4) is 0 Å². The topological polar surface area (TPSA) is 83.0 Å². The summed E-state index contributed by atoms with van der Waals surface area (Å²) in [5, 5.41) is 0. The molecule has 7 heteroatoms. The standard InChI is InChI=1S/C38H77O6P/c1-4-7-10-13-16-19-22-25-28-31-34-41-37-38(44-45(39)40,42-35-32-29-26-23-20-17-14-11-8-5-2)43-36-33-30-27-24-21-18-15-12-9-6-3/h4-37H2,1-3H3/q-2. The van der Waals surface area contributed by atoms with Gasteiger partial charge in [0.1, 0.15) is 6.61 Å². The lowest BCUT2D eigenvalue weighted by atomic mass is 10.1. The van der Waals surface area contributed by atoms with Crippen LogP contribution in [0.2, 0.25) is 0 Å². The smallest absolute Gasteiger partial charge is 0.308 e. The Morgan fingerprint density at radius 1 is 0.378 bits per heavy atom. The Balaban J connectivity index is 4.47. The van der Waals surface area contributed by atoms with Crippen LogP contribution in [-0.2, 0) is 18.7 Å². The van der Waals surface area contributed by atoms with Crippen molar-refractivity contribution in [3.63, 3.8) is 0 Å². The van der Waals surface area contributed by atoms with Crippen molar-refractivity contribution in [2.24, 2.45) is 0 Å². The van der Waals surface area contributed by atoms with E-state index >= 15 is 0 Å². The molecule has 0 heterocycles. The molecule has 0 aromatic carbocycles. The summed E-state index contributed by atoms with van der Waals surface area (Å²) >= 11 is 0. The highest BCUT2D eigenvalue weighted by molar-refractivity contribution is 7.36. The maximum absolute atomic E-state index is 11.7. The van der Waals surface area contributed by atoms with E-state index in [1.54, 1.807) is 0 Å². The van der Waals surface area contributed by atoms with Gasteiger partial charge in [0.25, 0.3) is 0 Å². The molecule has 0 saturated carbocycles. The molecule has 0 aliphatic heterocycles. The molecule has 6 nitrogen and oxygen atoms in total. The van der Waals surface area contributed by atoms with E-state index in [2.05, 4.69) is 20.8 Å². The first-order valence-corrected chi connectivity index (χ1v) is 20.9. The van der Waals surface area contributed by atoms with Crippen molar-refractivity contribution in [3.8, 4) is 0 Å². The lowest BCUT2D eigenvalue weighted by Gasteiger charge is -2.41. The minimum atomic E-state index is -3.14. The summed E-state index contributed by atoms with van der Waals surface area (Å²) in [6.07, 6.45) is 37.2. The van der Waals surface area contributed by atoms with Gasteiger partial charge in [0, 0.05) is 6.61 Å². The third-order valence-corrected chi connectivity index (χ3v) is 9.20. The van der Waals surface area contributed by atoms with E-state index in [1.165, 1.54) is 154 Å². The van der Waals surface area contributed by atoms with Crippen LogP contribution in [0.1, 0.15) is 213 Å². The molecule has 0 N–H and O–H groups in total. The summed E-state index contributed by atoms with van der Waals surface area (Å²) in [5.41, 5.74) is 0. The molecular formula is C38H77O6P-2. The van der Waals surface area contributed by atoms with Gasteiger partial charge in [-0.25, -0.2) is 0 Å². The molecule has 0 saturated heterocycles.